The number of amides is 1. The van der Waals surface area contributed by atoms with Crippen molar-refractivity contribution in [2.24, 2.45) is 0 Å². The van der Waals surface area contributed by atoms with E-state index in [2.05, 4.69) is 24.9 Å². The lowest BCUT2D eigenvalue weighted by atomic mass is 9.94. The number of nitrogens with one attached hydrogen (secondary N) is 1. The largest absolute Gasteiger partial charge is 0.368 e. The first-order chi connectivity index (χ1) is 10.1. The van der Waals surface area contributed by atoms with Gasteiger partial charge in [-0.25, -0.2) is 9.97 Å². The third kappa shape index (κ3) is 2.85. The Hall–Kier alpha value is -2.09. The molecule has 0 aromatic carbocycles. The fourth-order valence-corrected chi connectivity index (χ4v) is 3.03. The van der Waals surface area contributed by atoms with E-state index in [1.54, 1.807) is 0 Å². The van der Waals surface area contributed by atoms with Crippen LogP contribution in [0.1, 0.15) is 45.2 Å². The summed E-state index contributed by atoms with van der Waals surface area (Å²) in [7, 11) is 0. The zero-order valence-electron chi connectivity index (χ0n) is 11.7. The number of nitrogen functional groups attached to an aromatic ring is 1. The van der Waals surface area contributed by atoms with E-state index in [1.807, 2.05) is 6.92 Å². The van der Waals surface area contributed by atoms with Crippen LogP contribution in [-0.2, 0) is 19.4 Å². The molecule has 110 valence electrons. The van der Waals surface area contributed by atoms with Crippen LogP contribution in [0, 0.1) is 6.92 Å². The lowest BCUT2D eigenvalue weighted by Gasteiger charge is -2.17. The quantitative estimate of drug-likeness (QED) is 0.877. The molecule has 0 saturated carbocycles. The van der Waals surface area contributed by atoms with Crippen LogP contribution >= 0.6 is 11.5 Å². The molecular formula is C13H16N6OS. The number of anilines is 1. The van der Waals surface area contributed by atoms with Gasteiger partial charge in [-0.3, -0.25) is 4.79 Å². The lowest BCUT2D eigenvalue weighted by Crippen LogP contribution is -2.27. The molecule has 7 nitrogen and oxygen atoms in total. The molecule has 1 aliphatic carbocycles. The van der Waals surface area contributed by atoms with Gasteiger partial charge in [-0.15, -0.1) is 5.10 Å². The monoisotopic (exact) mass is 304 g/mol. The summed E-state index contributed by atoms with van der Waals surface area (Å²) >= 11 is 1.29. The standard InChI is InChI=1S/C13H16N6OS/c1-7-10(21-19-18-7)6-15-12(20)11-8-4-2-3-5-9(8)16-13(14)17-11/h2-6H2,1H3,(H,15,20)(H2,14,16,17). The second-order valence-electron chi connectivity index (χ2n) is 5.03. The maximum atomic E-state index is 12.4. The molecule has 8 heteroatoms. The minimum Gasteiger partial charge on any atom is -0.368 e. The molecule has 1 amide bonds. The Labute approximate surface area is 126 Å². The smallest absolute Gasteiger partial charge is 0.270 e. The van der Waals surface area contributed by atoms with Gasteiger partial charge < -0.3 is 11.1 Å². The summed E-state index contributed by atoms with van der Waals surface area (Å²) in [5.74, 6) is -0.0495. The van der Waals surface area contributed by atoms with Crippen molar-refractivity contribution in [1.29, 1.82) is 0 Å². The molecule has 0 fully saturated rings. The number of nitrogens with zero attached hydrogens (tertiary/aromatic N) is 4. The van der Waals surface area contributed by atoms with Crippen LogP contribution in [0.25, 0.3) is 0 Å². The molecule has 0 unspecified atom stereocenters. The molecule has 2 aromatic heterocycles. The van der Waals surface area contributed by atoms with Gasteiger partial charge in [0.25, 0.3) is 5.91 Å². The lowest BCUT2D eigenvalue weighted by molar-refractivity contribution is 0.0944. The molecule has 1 aliphatic rings. The number of aromatic nitrogens is 4. The Morgan fingerprint density at radius 1 is 1.33 bits per heavy atom. The zero-order valence-corrected chi connectivity index (χ0v) is 12.5. The SMILES string of the molecule is Cc1nnsc1CNC(=O)c1nc(N)nc2c1CCCC2. The molecule has 0 spiro atoms. The molecule has 0 aliphatic heterocycles. The van der Waals surface area contributed by atoms with Gasteiger partial charge in [0.2, 0.25) is 5.95 Å². The molecule has 0 radical (unpaired) electrons. The van der Waals surface area contributed by atoms with E-state index in [0.29, 0.717) is 12.2 Å². The van der Waals surface area contributed by atoms with Crippen molar-refractivity contribution < 1.29 is 4.79 Å². The van der Waals surface area contributed by atoms with Gasteiger partial charge in [-0.2, -0.15) is 0 Å². The summed E-state index contributed by atoms with van der Waals surface area (Å²) in [6.07, 6.45) is 3.83. The van der Waals surface area contributed by atoms with Crippen LogP contribution in [0.5, 0.6) is 0 Å². The van der Waals surface area contributed by atoms with Gasteiger partial charge >= 0.3 is 0 Å². The van der Waals surface area contributed by atoms with Crippen molar-refractivity contribution in [2.45, 2.75) is 39.2 Å². The summed E-state index contributed by atoms with van der Waals surface area (Å²) in [6.45, 7) is 2.27. The van der Waals surface area contributed by atoms with Crippen molar-refractivity contribution in [1.82, 2.24) is 24.9 Å². The van der Waals surface area contributed by atoms with Crippen molar-refractivity contribution in [3.05, 3.63) is 27.5 Å². The first-order valence-electron chi connectivity index (χ1n) is 6.86. The van der Waals surface area contributed by atoms with Crippen LogP contribution in [0.2, 0.25) is 0 Å². The molecule has 3 rings (SSSR count). The van der Waals surface area contributed by atoms with Gasteiger partial charge in [0.1, 0.15) is 5.69 Å². The average molecular weight is 304 g/mol. The molecule has 3 N–H and O–H groups in total. The van der Waals surface area contributed by atoms with Crippen LogP contribution in [0.4, 0.5) is 5.95 Å². The number of rotatable bonds is 3. The highest BCUT2D eigenvalue weighted by atomic mass is 32.1. The average Bonchev–Trinajstić information content (AvgIpc) is 2.89. The molecule has 0 saturated heterocycles. The molecule has 2 aromatic rings. The van der Waals surface area contributed by atoms with Gasteiger partial charge in [-0.05, 0) is 44.1 Å². The number of fused-ring (bicyclic) bond motifs is 1. The van der Waals surface area contributed by atoms with Crippen LogP contribution < -0.4 is 11.1 Å². The highest BCUT2D eigenvalue weighted by Gasteiger charge is 2.21. The normalized spacial score (nSPS) is 13.8. The van der Waals surface area contributed by atoms with Crippen LogP contribution in [-0.4, -0.2) is 25.5 Å². The third-order valence-electron chi connectivity index (χ3n) is 3.57. The molecule has 0 bridgehead atoms. The Balaban J connectivity index is 1.81. The van der Waals surface area contributed by atoms with E-state index in [0.717, 1.165) is 47.5 Å². The molecule has 0 atom stereocenters. The van der Waals surface area contributed by atoms with Crippen LogP contribution in [0.15, 0.2) is 0 Å². The Morgan fingerprint density at radius 3 is 2.90 bits per heavy atom. The maximum Gasteiger partial charge on any atom is 0.270 e. The number of carbonyl (C=O) groups excluding carboxylic acids is 1. The van der Waals surface area contributed by atoms with E-state index in [9.17, 15) is 4.79 Å². The highest BCUT2D eigenvalue weighted by molar-refractivity contribution is 7.05. The predicted molar refractivity (Wildman–Crippen MR) is 78.9 cm³/mol. The van der Waals surface area contributed by atoms with Crippen LogP contribution in [0.3, 0.4) is 0 Å². The van der Waals surface area contributed by atoms with Crippen molar-refractivity contribution >= 4 is 23.4 Å². The van der Waals surface area contributed by atoms with E-state index < -0.39 is 0 Å². The summed E-state index contributed by atoms with van der Waals surface area (Å²) in [5.41, 5.74) is 8.81. The summed E-state index contributed by atoms with van der Waals surface area (Å²) in [4.78, 5) is 21.7. The first kappa shape index (κ1) is 13.9. The number of hydrogen-bond donors (Lipinski definition) is 2. The summed E-state index contributed by atoms with van der Waals surface area (Å²) in [6, 6.07) is 0. The molecular weight excluding hydrogens is 288 g/mol. The Bertz CT molecular complexity index is 683. The topological polar surface area (TPSA) is 107 Å². The van der Waals surface area contributed by atoms with Gasteiger partial charge in [0.05, 0.1) is 17.1 Å². The third-order valence-corrected chi connectivity index (χ3v) is 4.39. The highest BCUT2D eigenvalue weighted by Crippen LogP contribution is 2.23. The van der Waals surface area contributed by atoms with Crippen molar-refractivity contribution in [3.63, 3.8) is 0 Å². The number of nitrogens with two attached hydrogens (primary N) is 1. The summed E-state index contributed by atoms with van der Waals surface area (Å²) < 4.78 is 3.85. The Kier molecular flexibility index (Phi) is 3.78. The fourth-order valence-electron chi connectivity index (χ4n) is 2.46. The molecule has 2 heterocycles. The minimum atomic E-state index is -0.213. The van der Waals surface area contributed by atoms with Gasteiger partial charge in [0, 0.05) is 11.3 Å². The van der Waals surface area contributed by atoms with E-state index in [1.165, 1.54) is 11.5 Å². The Morgan fingerprint density at radius 2 is 2.14 bits per heavy atom. The zero-order chi connectivity index (χ0) is 14.8. The van der Waals surface area contributed by atoms with E-state index in [-0.39, 0.29) is 11.9 Å². The maximum absolute atomic E-state index is 12.4. The van der Waals surface area contributed by atoms with E-state index >= 15 is 0 Å². The van der Waals surface area contributed by atoms with E-state index in [4.69, 9.17) is 5.73 Å². The fraction of sp³-hybridized carbons (Fsp3) is 0.462. The molecule has 21 heavy (non-hydrogen) atoms. The van der Waals surface area contributed by atoms with Gasteiger partial charge in [0.15, 0.2) is 0 Å². The predicted octanol–water partition coefficient (Wildman–Crippen LogP) is 1.03. The second kappa shape index (κ2) is 5.72. The second-order valence-corrected chi connectivity index (χ2v) is 5.87. The first-order valence-corrected chi connectivity index (χ1v) is 7.64. The summed E-state index contributed by atoms with van der Waals surface area (Å²) in [5, 5.41) is 6.79. The number of hydrogen-bond acceptors (Lipinski definition) is 7. The number of carbonyl (C=O) groups is 1. The van der Waals surface area contributed by atoms with Crippen molar-refractivity contribution in [3.8, 4) is 0 Å². The van der Waals surface area contributed by atoms with Gasteiger partial charge in [-0.1, -0.05) is 4.49 Å². The minimum absolute atomic E-state index is 0.163. The number of aryl methyl sites for hydroxylation is 2. The van der Waals surface area contributed by atoms with Crippen molar-refractivity contribution in [2.75, 3.05) is 5.73 Å².